The van der Waals surface area contributed by atoms with Gasteiger partial charge in [-0.2, -0.15) is 0 Å². The third kappa shape index (κ3) is 4.85. The minimum absolute atomic E-state index is 0.673. The second kappa shape index (κ2) is 12.1. The third-order valence-electron chi connectivity index (χ3n) is 10.6. The number of hydrogen-bond acceptors (Lipinski definition) is 3. The van der Waals surface area contributed by atoms with Crippen LogP contribution in [-0.4, -0.2) is 14.5 Å². The van der Waals surface area contributed by atoms with Gasteiger partial charge in [0.2, 0.25) is 0 Å². The number of furan rings is 1. The molecule has 0 aliphatic carbocycles. The van der Waals surface area contributed by atoms with Crippen LogP contribution in [-0.2, 0) is 0 Å². The Kier molecular flexibility index (Phi) is 6.82. The lowest BCUT2D eigenvalue weighted by atomic mass is 9.97. The largest absolute Gasteiger partial charge is 0.452 e. The number of nitrogens with zero attached hydrogens (tertiary/aromatic N) is 3. The van der Waals surface area contributed by atoms with E-state index in [0.29, 0.717) is 11.4 Å². The van der Waals surface area contributed by atoms with Gasteiger partial charge >= 0.3 is 0 Å². The Bertz CT molecular complexity index is 3200. The van der Waals surface area contributed by atoms with Crippen molar-refractivity contribution >= 4 is 54.6 Å². The maximum atomic E-state index is 6.61. The van der Waals surface area contributed by atoms with Crippen LogP contribution in [0.1, 0.15) is 0 Å². The summed E-state index contributed by atoms with van der Waals surface area (Å²) in [5, 5.41) is 5.82. The van der Waals surface area contributed by atoms with Crippen LogP contribution < -0.4 is 0 Å². The molecule has 0 amide bonds. The molecule has 4 heteroatoms. The average Bonchev–Trinajstić information content (AvgIpc) is 3.79. The quantitative estimate of drug-likeness (QED) is 0.181. The lowest BCUT2D eigenvalue weighted by Gasteiger charge is -2.11. The predicted molar refractivity (Wildman–Crippen MR) is 223 cm³/mol. The summed E-state index contributed by atoms with van der Waals surface area (Å²) in [6.07, 6.45) is 0. The van der Waals surface area contributed by atoms with E-state index in [4.69, 9.17) is 14.4 Å². The Hall–Kier alpha value is -7.30. The molecule has 0 atom stereocenters. The van der Waals surface area contributed by atoms with Crippen LogP contribution in [0.25, 0.3) is 105 Å². The van der Waals surface area contributed by atoms with Gasteiger partial charge in [-0.1, -0.05) is 146 Å². The van der Waals surface area contributed by atoms with Crippen LogP contribution in [0.2, 0.25) is 0 Å². The second-order valence-electron chi connectivity index (χ2n) is 13.8. The molecule has 0 saturated heterocycles. The van der Waals surface area contributed by atoms with Gasteiger partial charge in [-0.15, -0.1) is 0 Å². The van der Waals surface area contributed by atoms with E-state index >= 15 is 0 Å². The lowest BCUT2D eigenvalue weighted by molar-refractivity contribution is 0.667. The molecule has 0 aliphatic rings. The minimum atomic E-state index is 0.673. The van der Waals surface area contributed by atoms with E-state index in [9.17, 15) is 0 Å². The molecule has 3 aromatic heterocycles. The molecule has 0 aliphatic heterocycles. The molecule has 0 unspecified atom stereocenters. The second-order valence-corrected chi connectivity index (χ2v) is 13.8. The first-order chi connectivity index (χ1) is 26.8. The van der Waals surface area contributed by atoms with Crippen LogP contribution in [0, 0.1) is 0 Å². The Morgan fingerprint density at radius 2 is 1.09 bits per heavy atom. The zero-order valence-electron chi connectivity index (χ0n) is 29.1. The first-order valence-electron chi connectivity index (χ1n) is 18.2. The van der Waals surface area contributed by atoms with Crippen molar-refractivity contribution in [3.8, 4) is 50.6 Å². The van der Waals surface area contributed by atoms with Crippen molar-refractivity contribution in [2.75, 3.05) is 0 Å². The fourth-order valence-electron chi connectivity index (χ4n) is 8.04. The molecule has 0 fully saturated rings. The van der Waals surface area contributed by atoms with Crippen LogP contribution in [0.4, 0.5) is 0 Å². The molecule has 11 rings (SSSR count). The van der Waals surface area contributed by atoms with Gasteiger partial charge in [-0.3, -0.25) is 0 Å². The maximum absolute atomic E-state index is 6.61. The molecule has 11 aromatic rings. The highest BCUT2D eigenvalue weighted by molar-refractivity contribution is 6.14. The highest BCUT2D eigenvalue weighted by atomic mass is 16.3. The molecule has 4 nitrogen and oxygen atoms in total. The summed E-state index contributed by atoms with van der Waals surface area (Å²) in [6.45, 7) is 0. The summed E-state index contributed by atoms with van der Waals surface area (Å²) in [6, 6.07) is 66.3. The molecule has 0 radical (unpaired) electrons. The predicted octanol–water partition coefficient (Wildman–Crippen LogP) is 13.3. The molecule has 0 bridgehead atoms. The highest BCUT2D eigenvalue weighted by Crippen LogP contribution is 2.41. The summed E-state index contributed by atoms with van der Waals surface area (Å²) in [5.74, 6) is 0.673. The van der Waals surface area contributed by atoms with Crippen molar-refractivity contribution in [1.29, 1.82) is 0 Å². The van der Waals surface area contributed by atoms with Crippen LogP contribution in [0.3, 0.4) is 0 Å². The average molecular weight is 690 g/mol. The third-order valence-corrected chi connectivity index (χ3v) is 10.6. The van der Waals surface area contributed by atoms with Gasteiger partial charge in [0.1, 0.15) is 16.8 Å². The van der Waals surface area contributed by atoms with E-state index in [-0.39, 0.29) is 0 Å². The summed E-state index contributed by atoms with van der Waals surface area (Å²) in [5.41, 5.74) is 13.2. The summed E-state index contributed by atoms with van der Waals surface area (Å²) in [4.78, 5) is 10.2. The topological polar surface area (TPSA) is 43.9 Å². The van der Waals surface area contributed by atoms with Gasteiger partial charge in [0.25, 0.3) is 0 Å². The van der Waals surface area contributed by atoms with E-state index in [2.05, 4.69) is 150 Å². The van der Waals surface area contributed by atoms with Crippen LogP contribution in [0.15, 0.2) is 192 Å². The molecular formula is C50H31N3O. The van der Waals surface area contributed by atoms with Crippen molar-refractivity contribution in [2.24, 2.45) is 0 Å². The first kappa shape index (κ1) is 30.3. The standard InChI is InChI=1S/C50H31N3O/c1-4-13-32(14-5-1)37-26-28-44-42(31-37)41-19-10-11-21-43(41)53(44)39-27-25-35-29-38(24-23-36(35)30-39)40-20-12-22-45-46(40)48-49(54-45)47(33-15-6-2-7-16-33)51-50(52-48)34-17-8-3-9-18-34/h1-31H. The molecule has 0 N–H and O–H groups in total. The Labute approximate surface area is 311 Å². The number of fused-ring (bicyclic) bond motifs is 7. The minimum Gasteiger partial charge on any atom is -0.452 e. The highest BCUT2D eigenvalue weighted by Gasteiger charge is 2.21. The maximum Gasteiger partial charge on any atom is 0.180 e. The SMILES string of the molecule is c1ccc(-c2ccc3c(c2)c2ccccc2n3-c2ccc3cc(-c4cccc5oc6c(-c7ccccc7)nc(-c7ccccc7)nc6c45)ccc3c2)cc1. The molecule has 0 spiro atoms. The number of benzene rings is 8. The van der Waals surface area contributed by atoms with Gasteiger partial charge in [0.15, 0.2) is 11.4 Å². The molecule has 3 heterocycles. The van der Waals surface area contributed by atoms with E-state index in [1.807, 2.05) is 42.5 Å². The fraction of sp³-hybridized carbons (Fsp3) is 0. The van der Waals surface area contributed by atoms with E-state index in [0.717, 1.165) is 55.5 Å². The van der Waals surface area contributed by atoms with Crippen molar-refractivity contribution < 1.29 is 4.42 Å². The zero-order chi connectivity index (χ0) is 35.6. The van der Waals surface area contributed by atoms with Gasteiger partial charge in [0.05, 0.1) is 16.4 Å². The molecule has 252 valence electrons. The lowest BCUT2D eigenvalue weighted by Crippen LogP contribution is -1.94. The molecule has 0 saturated carbocycles. The van der Waals surface area contributed by atoms with Crippen molar-refractivity contribution in [1.82, 2.24) is 14.5 Å². The smallest absolute Gasteiger partial charge is 0.180 e. The summed E-state index contributed by atoms with van der Waals surface area (Å²) < 4.78 is 9.00. The Morgan fingerprint density at radius 3 is 1.91 bits per heavy atom. The normalized spacial score (nSPS) is 11.7. The fourth-order valence-corrected chi connectivity index (χ4v) is 8.04. The van der Waals surface area contributed by atoms with Crippen molar-refractivity contribution in [3.63, 3.8) is 0 Å². The Balaban J connectivity index is 1.06. The van der Waals surface area contributed by atoms with Crippen molar-refractivity contribution in [2.45, 2.75) is 0 Å². The van der Waals surface area contributed by atoms with Crippen molar-refractivity contribution in [3.05, 3.63) is 188 Å². The first-order valence-corrected chi connectivity index (χ1v) is 18.2. The van der Waals surface area contributed by atoms with Crippen LogP contribution >= 0.6 is 0 Å². The molecule has 54 heavy (non-hydrogen) atoms. The van der Waals surface area contributed by atoms with E-state index in [1.54, 1.807) is 0 Å². The Morgan fingerprint density at radius 1 is 0.426 bits per heavy atom. The van der Waals surface area contributed by atoms with E-state index < -0.39 is 0 Å². The van der Waals surface area contributed by atoms with Gasteiger partial charge < -0.3 is 8.98 Å². The zero-order valence-corrected chi connectivity index (χ0v) is 29.1. The number of hydrogen-bond donors (Lipinski definition) is 0. The number of para-hydroxylation sites is 1. The monoisotopic (exact) mass is 689 g/mol. The molecule has 8 aromatic carbocycles. The van der Waals surface area contributed by atoms with Gasteiger partial charge in [-0.25, -0.2) is 9.97 Å². The number of rotatable bonds is 5. The number of aromatic nitrogens is 3. The molecular weight excluding hydrogens is 659 g/mol. The van der Waals surface area contributed by atoms with Crippen LogP contribution in [0.5, 0.6) is 0 Å². The van der Waals surface area contributed by atoms with E-state index in [1.165, 1.54) is 38.3 Å². The summed E-state index contributed by atoms with van der Waals surface area (Å²) >= 11 is 0. The van der Waals surface area contributed by atoms with Gasteiger partial charge in [0, 0.05) is 27.6 Å². The van der Waals surface area contributed by atoms with Gasteiger partial charge in [-0.05, 0) is 75.5 Å². The summed E-state index contributed by atoms with van der Waals surface area (Å²) in [7, 11) is 0.